The number of ether oxygens (including phenoxy) is 1. The minimum absolute atomic E-state index is 0.00157. The predicted octanol–water partition coefficient (Wildman–Crippen LogP) is 3.35. The number of phenols is 2. The highest BCUT2D eigenvalue weighted by Gasteiger charge is 2.43. The van der Waals surface area contributed by atoms with Gasteiger partial charge in [0.2, 0.25) is 0 Å². The minimum atomic E-state index is -1.30. The molecule has 0 spiro atoms. The van der Waals surface area contributed by atoms with Crippen LogP contribution in [0.1, 0.15) is 49.7 Å². The number of para-hydroxylation sites is 1. The van der Waals surface area contributed by atoms with Crippen molar-refractivity contribution in [3.05, 3.63) is 53.6 Å². The summed E-state index contributed by atoms with van der Waals surface area (Å²) < 4.78 is 5.81. The van der Waals surface area contributed by atoms with Gasteiger partial charge in [0.05, 0.1) is 17.6 Å². The lowest BCUT2D eigenvalue weighted by Gasteiger charge is -2.39. The van der Waals surface area contributed by atoms with Crippen LogP contribution in [0, 0.1) is 23.7 Å². The van der Waals surface area contributed by atoms with Crippen LogP contribution in [0.3, 0.4) is 0 Å². The molecular weight excluding hydrogens is 454 g/mol. The first kappa shape index (κ1) is 26.0. The van der Waals surface area contributed by atoms with Gasteiger partial charge in [0.25, 0.3) is 0 Å². The maximum absolute atomic E-state index is 13.4. The van der Waals surface area contributed by atoms with E-state index < -0.39 is 53.9 Å². The number of benzene rings is 2. The van der Waals surface area contributed by atoms with E-state index in [2.05, 4.69) is 5.32 Å². The Morgan fingerprint density at radius 2 is 1.51 bits per heavy atom. The van der Waals surface area contributed by atoms with E-state index in [9.17, 15) is 34.8 Å². The van der Waals surface area contributed by atoms with Crippen LogP contribution in [0.4, 0.5) is 5.69 Å². The van der Waals surface area contributed by atoms with Gasteiger partial charge in [0.1, 0.15) is 23.4 Å². The zero-order valence-electron chi connectivity index (χ0n) is 20.0. The van der Waals surface area contributed by atoms with Gasteiger partial charge < -0.3 is 30.5 Å². The summed E-state index contributed by atoms with van der Waals surface area (Å²) in [7, 11) is 0. The van der Waals surface area contributed by atoms with E-state index in [0.717, 1.165) is 6.07 Å². The third kappa shape index (κ3) is 5.40. The Morgan fingerprint density at radius 1 is 0.914 bits per heavy atom. The summed E-state index contributed by atoms with van der Waals surface area (Å²) >= 11 is 0. The lowest BCUT2D eigenvalue weighted by Crippen LogP contribution is -2.48. The monoisotopic (exact) mass is 485 g/mol. The third-order valence-corrected chi connectivity index (χ3v) is 6.85. The van der Waals surface area contributed by atoms with E-state index >= 15 is 0 Å². The molecule has 0 saturated carbocycles. The van der Waals surface area contributed by atoms with Crippen LogP contribution < -0.4 is 5.32 Å². The molecule has 2 aromatic rings. The molecule has 0 aliphatic carbocycles. The number of nitrogens with one attached hydrogen (secondary N) is 1. The Labute approximate surface area is 203 Å². The first-order valence-corrected chi connectivity index (χ1v) is 11.5. The number of aliphatic hydroxyl groups excluding tert-OH is 1. The van der Waals surface area contributed by atoms with Crippen LogP contribution in [0.25, 0.3) is 0 Å². The maximum atomic E-state index is 13.4. The molecule has 1 aliphatic heterocycles. The largest absolute Gasteiger partial charge is 0.508 e. The van der Waals surface area contributed by atoms with Gasteiger partial charge in [-0.3, -0.25) is 9.59 Å². The summed E-state index contributed by atoms with van der Waals surface area (Å²) in [5, 5.41) is 43.6. The number of esters is 1. The molecule has 2 unspecified atom stereocenters. The van der Waals surface area contributed by atoms with Crippen LogP contribution in [0.5, 0.6) is 11.5 Å². The fourth-order valence-electron chi connectivity index (χ4n) is 4.70. The Bertz CT molecular complexity index is 1100. The van der Waals surface area contributed by atoms with Gasteiger partial charge in [-0.15, -0.1) is 0 Å². The van der Waals surface area contributed by atoms with E-state index in [-0.39, 0.29) is 34.1 Å². The van der Waals surface area contributed by atoms with E-state index in [1.807, 2.05) is 0 Å². The second kappa shape index (κ2) is 10.4. The van der Waals surface area contributed by atoms with Crippen LogP contribution in [-0.2, 0) is 14.3 Å². The number of carboxylic acid groups (broad SMARTS) is 1. The van der Waals surface area contributed by atoms with Gasteiger partial charge in [-0.25, -0.2) is 4.79 Å². The molecule has 3 rings (SSSR count). The lowest BCUT2D eigenvalue weighted by atomic mass is 9.76. The van der Waals surface area contributed by atoms with Gasteiger partial charge >= 0.3 is 11.9 Å². The zero-order valence-corrected chi connectivity index (χ0v) is 20.0. The van der Waals surface area contributed by atoms with Crippen molar-refractivity contribution in [3.8, 4) is 11.5 Å². The van der Waals surface area contributed by atoms with Gasteiger partial charge in [-0.05, 0) is 31.2 Å². The summed E-state index contributed by atoms with van der Waals surface area (Å²) in [5.41, 5.74) is 0.567. The predicted molar refractivity (Wildman–Crippen MR) is 127 cm³/mol. The number of carboxylic acids is 1. The van der Waals surface area contributed by atoms with Crippen molar-refractivity contribution in [2.75, 3.05) is 5.32 Å². The number of aliphatic hydroxyl groups is 1. The number of cyclic esters (lactones) is 1. The summed E-state index contributed by atoms with van der Waals surface area (Å²) in [5.74, 6) is -5.91. The first-order valence-electron chi connectivity index (χ1n) is 11.5. The number of anilines is 1. The van der Waals surface area contributed by atoms with Crippen molar-refractivity contribution >= 4 is 23.4 Å². The molecule has 1 heterocycles. The summed E-state index contributed by atoms with van der Waals surface area (Å²) in [6, 6.07) is 9.33. The Balaban J connectivity index is 2.15. The number of carbonyl (C=O) groups is 3. The number of aromatic carboxylic acids is 1. The minimum Gasteiger partial charge on any atom is -0.508 e. The first-order chi connectivity index (χ1) is 16.4. The highest BCUT2D eigenvalue weighted by atomic mass is 16.5. The van der Waals surface area contributed by atoms with Crippen molar-refractivity contribution in [3.63, 3.8) is 0 Å². The molecule has 0 aromatic heterocycles. The summed E-state index contributed by atoms with van der Waals surface area (Å²) in [6.07, 6.45) is -2.33. The SMILES string of the molecule is CC1C(=O)[C@H](C)[C@H](Nc2ccccc2C(=O)O)[C@@H](C)C(c2cc(O)cc(O)c2)OC(=O)[C@H](C)[C@H]1O. The normalized spacial score (nSPS) is 29.8. The molecule has 7 atom stereocenters. The Morgan fingerprint density at radius 3 is 2.11 bits per heavy atom. The number of hydrogen-bond acceptors (Lipinski definition) is 8. The smallest absolute Gasteiger partial charge is 0.337 e. The molecular formula is C26H31NO8. The fourth-order valence-corrected chi connectivity index (χ4v) is 4.70. The van der Waals surface area contributed by atoms with E-state index in [4.69, 9.17) is 4.74 Å². The zero-order chi connectivity index (χ0) is 26.0. The summed E-state index contributed by atoms with van der Waals surface area (Å²) in [4.78, 5) is 38.1. The number of hydrogen-bond donors (Lipinski definition) is 5. The molecule has 1 saturated heterocycles. The molecule has 1 aliphatic rings. The van der Waals surface area contributed by atoms with E-state index in [0.29, 0.717) is 0 Å². The molecule has 2 aromatic carbocycles. The van der Waals surface area contributed by atoms with Crippen molar-refractivity contribution in [1.29, 1.82) is 0 Å². The summed E-state index contributed by atoms with van der Waals surface area (Å²) in [6.45, 7) is 6.43. The third-order valence-electron chi connectivity index (χ3n) is 6.85. The average Bonchev–Trinajstić information content (AvgIpc) is 2.81. The Hall–Kier alpha value is -3.59. The molecule has 9 nitrogen and oxygen atoms in total. The number of carbonyl (C=O) groups excluding carboxylic acids is 2. The van der Waals surface area contributed by atoms with Crippen molar-refractivity contribution in [2.24, 2.45) is 23.7 Å². The van der Waals surface area contributed by atoms with E-state index in [1.54, 1.807) is 39.0 Å². The topological polar surface area (TPSA) is 153 Å². The van der Waals surface area contributed by atoms with Gasteiger partial charge in [-0.1, -0.05) is 32.9 Å². The van der Waals surface area contributed by atoms with E-state index in [1.165, 1.54) is 25.1 Å². The van der Waals surface area contributed by atoms with Crippen molar-refractivity contribution in [2.45, 2.75) is 45.9 Å². The van der Waals surface area contributed by atoms with Crippen LogP contribution in [-0.4, -0.2) is 50.3 Å². The van der Waals surface area contributed by atoms with Gasteiger partial charge in [0, 0.05) is 41.1 Å². The highest BCUT2D eigenvalue weighted by molar-refractivity contribution is 5.94. The second-order valence-electron chi connectivity index (χ2n) is 9.28. The average molecular weight is 486 g/mol. The standard InChI is InChI=1S/C26H31NO8/c1-12-21(27-20-8-6-5-7-19(20)25(32)33)13(2)24(16-9-17(28)11-18(29)10-16)35-26(34)15(4)23(31)14(3)22(12)30/h5-15,21,23-24,27-29,31H,1-4H3,(H,32,33)/t12-,13-,14?,15-,21+,23+,24?/m1/s1. The highest BCUT2D eigenvalue weighted by Crippen LogP contribution is 2.39. The maximum Gasteiger partial charge on any atom is 0.337 e. The molecule has 0 radical (unpaired) electrons. The van der Waals surface area contributed by atoms with Crippen molar-refractivity contribution in [1.82, 2.24) is 0 Å². The number of ketones is 1. The van der Waals surface area contributed by atoms with Gasteiger partial charge in [0.15, 0.2) is 0 Å². The van der Waals surface area contributed by atoms with Crippen LogP contribution >= 0.6 is 0 Å². The molecule has 1 fully saturated rings. The molecule has 188 valence electrons. The second-order valence-corrected chi connectivity index (χ2v) is 9.28. The number of Topliss-reactive ketones (excluding diaryl/α,β-unsaturated/α-hetero) is 1. The quantitative estimate of drug-likeness (QED) is 0.410. The van der Waals surface area contributed by atoms with Gasteiger partial charge in [-0.2, -0.15) is 0 Å². The number of phenolic OH excluding ortho intramolecular Hbond substituents is 2. The molecule has 0 amide bonds. The molecule has 35 heavy (non-hydrogen) atoms. The molecule has 0 bridgehead atoms. The molecule has 5 N–H and O–H groups in total. The number of rotatable bonds is 4. The molecule has 9 heteroatoms. The Kier molecular flexibility index (Phi) is 7.70. The lowest BCUT2D eigenvalue weighted by molar-refractivity contribution is -0.164. The van der Waals surface area contributed by atoms with Crippen molar-refractivity contribution < 1.29 is 39.5 Å². The van der Waals surface area contributed by atoms with Crippen LogP contribution in [0.15, 0.2) is 42.5 Å². The number of aromatic hydroxyl groups is 2. The van der Waals surface area contributed by atoms with Crippen LogP contribution in [0.2, 0.25) is 0 Å². The fraction of sp³-hybridized carbons (Fsp3) is 0.423.